The third-order valence-electron chi connectivity index (χ3n) is 3.68. The molecule has 6 heteroatoms. The Balaban J connectivity index is 3.44. The Morgan fingerprint density at radius 3 is 2.11 bits per heavy atom. The van der Waals surface area contributed by atoms with Gasteiger partial charge in [-0.2, -0.15) is 0 Å². The maximum Gasteiger partial charge on any atom is 0.318 e. The largest absolute Gasteiger partial charge is 0.468 e. The maximum atomic E-state index is 12.9. The first-order chi connectivity index (χ1) is 8.67. The predicted molar refractivity (Wildman–Crippen MR) is 66.5 cm³/mol. The summed E-state index contributed by atoms with van der Waals surface area (Å²) >= 11 is 0. The van der Waals surface area contributed by atoms with E-state index >= 15 is 0 Å². The lowest BCUT2D eigenvalue weighted by Crippen LogP contribution is -2.50. The molecule has 5 nitrogen and oxygen atoms in total. The van der Waals surface area contributed by atoms with Gasteiger partial charge in [0.05, 0.1) is 7.11 Å². The van der Waals surface area contributed by atoms with Gasteiger partial charge in [-0.3, -0.25) is 14.9 Å². The number of halogens is 1. The number of hydrogen-bond donors (Lipinski definition) is 0. The summed E-state index contributed by atoms with van der Waals surface area (Å²) in [5, 5.41) is 11.5. The molecule has 0 amide bonds. The Labute approximate surface area is 110 Å². The molecule has 0 aromatic heterocycles. The van der Waals surface area contributed by atoms with Crippen LogP contribution in [0, 0.1) is 21.3 Å². The van der Waals surface area contributed by atoms with Crippen LogP contribution in [-0.2, 0) is 15.1 Å². The van der Waals surface area contributed by atoms with E-state index in [-0.39, 0.29) is 5.56 Å². The van der Waals surface area contributed by atoms with Crippen molar-refractivity contribution in [2.24, 2.45) is 5.41 Å². The topological polar surface area (TPSA) is 69.4 Å². The van der Waals surface area contributed by atoms with E-state index in [0.717, 1.165) is 12.1 Å². The third kappa shape index (κ3) is 2.30. The van der Waals surface area contributed by atoms with Crippen LogP contribution in [0.25, 0.3) is 0 Å². The van der Waals surface area contributed by atoms with Crippen LogP contribution in [-0.4, -0.2) is 18.0 Å². The Morgan fingerprint density at radius 1 is 1.26 bits per heavy atom. The molecule has 0 saturated carbocycles. The zero-order valence-electron chi connectivity index (χ0n) is 11.3. The van der Waals surface area contributed by atoms with E-state index in [1.165, 1.54) is 40.0 Å². The van der Waals surface area contributed by atoms with E-state index in [0.29, 0.717) is 0 Å². The highest BCUT2D eigenvalue weighted by molar-refractivity contribution is 5.77. The first kappa shape index (κ1) is 15.1. The van der Waals surface area contributed by atoms with Crippen molar-refractivity contribution in [3.05, 3.63) is 45.8 Å². The van der Waals surface area contributed by atoms with Crippen LogP contribution in [0.15, 0.2) is 24.3 Å². The van der Waals surface area contributed by atoms with Crippen LogP contribution in [0.4, 0.5) is 4.39 Å². The minimum atomic E-state index is -1.71. The number of carbonyl (C=O) groups excluding carboxylic acids is 1. The Kier molecular flexibility index (Phi) is 3.93. The number of methoxy groups -OCH3 is 1. The van der Waals surface area contributed by atoms with E-state index in [4.69, 9.17) is 0 Å². The van der Waals surface area contributed by atoms with Crippen LogP contribution >= 0.6 is 0 Å². The molecule has 0 spiro atoms. The van der Waals surface area contributed by atoms with E-state index in [2.05, 4.69) is 4.74 Å². The number of nitro groups is 1. The number of nitrogens with zero attached hydrogens (tertiary/aromatic N) is 1. The first-order valence-electron chi connectivity index (χ1n) is 5.67. The zero-order chi connectivity index (χ0) is 14.8. The summed E-state index contributed by atoms with van der Waals surface area (Å²) in [7, 11) is 1.18. The molecule has 0 heterocycles. The van der Waals surface area contributed by atoms with Crippen molar-refractivity contribution in [2.75, 3.05) is 7.11 Å². The van der Waals surface area contributed by atoms with Gasteiger partial charge in [-0.15, -0.1) is 0 Å². The minimum Gasteiger partial charge on any atom is -0.468 e. The van der Waals surface area contributed by atoms with Crippen molar-refractivity contribution in [1.29, 1.82) is 0 Å². The summed E-state index contributed by atoms with van der Waals surface area (Å²) in [5.74, 6) is -1.19. The monoisotopic (exact) mass is 269 g/mol. The minimum absolute atomic E-state index is 0.245. The van der Waals surface area contributed by atoms with Crippen LogP contribution < -0.4 is 0 Å². The van der Waals surface area contributed by atoms with Crippen LogP contribution in [0.1, 0.15) is 26.3 Å². The maximum absolute atomic E-state index is 12.9. The van der Waals surface area contributed by atoms with Crippen molar-refractivity contribution < 1.29 is 18.8 Å². The van der Waals surface area contributed by atoms with Crippen molar-refractivity contribution in [3.8, 4) is 0 Å². The summed E-state index contributed by atoms with van der Waals surface area (Å²) in [6.07, 6.45) is 0. The van der Waals surface area contributed by atoms with Gasteiger partial charge < -0.3 is 4.74 Å². The van der Waals surface area contributed by atoms with Gasteiger partial charge in [0.2, 0.25) is 0 Å². The summed E-state index contributed by atoms with van der Waals surface area (Å²) in [6.45, 7) is 4.20. The van der Waals surface area contributed by atoms with E-state index in [1.54, 1.807) is 0 Å². The second kappa shape index (κ2) is 4.95. The highest BCUT2D eigenvalue weighted by Crippen LogP contribution is 2.43. The highest BCUT2D eigenvalue weighted by atomic mass is 19.1. The molecule has 19 heavy (non-hydrogen) atoms. The molecule has 0 bridgehead atoms. The van der Waals surface area contributed by atoms with E-state index < -0.39 is 27.7 Å². The zero-order valence-corrected chi connectivity index (χ0v) is 11.3. The fourth-order valence-electron chi connectivity index (χ4n) is 1.92. The second-order valence-corrected chi connectivity index (χ2v) is 4.95. The lowest BCUT2D eigenvalue weighted by Gasteiger charge is -2.34. The molecule has 1 aromatic rings. The molecule has 1 rings (SSSR count). The number of esters is 1. The van der Waals surface area contributed by atoms with Gasteiger partial charge in [-0.25, -0.2) is 4.39 Å². The number of hydrogen-bond acceptors (Lipinski definition) is 4. The lowest BCUT2D eigenvalue weighted by molar-refractivity contribution is -0.592. The molecule has 0 N–H and O–H groups in total. The van der Waals surface area contributed by atoms with Crippen molar-refractivity contribution >= 4 is 5.97 Å². The molecule has 0 aliphatic heterocycles. The predicted octanol–water partition coefficient (Wildman–Crippen LogP) is 2.52. The molecule has 1 unspecified atom stereocenters. The summed E-state index contributed by atoms with van der Waals surface area (Å²) in [6, 6.07) is 4.88. The average molecular weight is 269 g/mol. The molecule has 104 valence electrons. The number of carbonyl (C=O) groups is 1. The molecular formula is C13H16FNO4. The highest BCUT2D eigenvalue weighted by Gasteiger charge is 2.58. The second-order valence-electron chi connectivity index (χ2n) is 4.95. The smallest absolute Gasteiger partial charge is 0.318 e. The van der Waals surface area contributed by atoms with Gasteiger partial charge in [-0.1, -0.05) is 0 Å². The summed E-state index contributed by atoms with van der Waals surface area (Å²) < 4.78 is 17.6. The molecule has 0 aliphatic carbocycles. The Bertz CT molecular complexity index is 498. The van der Waals surface area contributed by atoms with Crippen LogP contribution in [0.3, 0.4) is 0 Å². The fourth-order valence-corrected chi connectivity index (χ4v) is 1.92. The molecular weight excluding hydrogens is 253 g/mol. The van der Waals surface area contributed by atoms with Gasteiger partial charge in [0.25, 0.3) is 5.54 Å². The van der Waals surface area contributed by atoms with Crippen molar-refractivity contribution in [3.63, 3.8) is 0 Å². The molecule has 0 fully saturated rings. The molecule has 0 aliphatic rings. The van der Waals surface area contributed by atoms with Gasteiger partial charge >= 0.3 is 5.97 Å². The van der Waals surface area contributed by atoms with Gasteiger partial charge in [-0.05, 0) is 38.1 Å². The molecule has 1 aromatic carbocycles. The number of rotatable bonds is 4. The third-order valence-corrected chi connectivity index (χ3v) is 3.68. The molecule has 0 saturated heterocycles. The summed E-state index contributed by atoms with van der Waals surface area (Å²) in [5.41, 5.74) is -2.87. The molecule has 0 radical (unpaired) electrons. The van der Waals surface area contributed by atoms with Gasteiger partial charge in [0.15, 0.2) is 0 Å². The van der Waals surface area contributed by atoms with Gasteiger partial charge in [0, 0.05) is 17.4 Å². The van der Waals surface area contributed by atoms with Crippen molar-refractivity contribution in [1.82, 2.24) is 0 Å². The quantitative estimate of drug-likeness (QED) is 0.478. The number of ether oxygens (including phenoxy) is 1. The summed E-state index contributed by atoms with van der Waals surface area (Å²) in [4.78, 5) is 22.8. The standard InChI is InChI=1S/C13H16FNO4/c1-12(2,11(16)19-4)13(3,15(17)18)9-5-7-10(14)8-6-9/h5-8H,1-4H3. The van der Waals surface area contributed by atoms with E-state index in [1.807, 2.05) is 0 Å². The first-order valence-corrected chi connectivity index (χ1v) is 5.67. The average Bonchev–Trinajstić information content (AvgIpc) is 2.37. The lowest BCUT2D eigenvalue weighted by atomic mass is 9.69. The van der Waals surface area contributed by atoms with Gasteiger partial charge in [0.1, 0.15) is 11.2 Å². The van der Waals surface area contributed by atoms with Crippen molar-refractivity contribution in [2.45, 2.75) is 26.3 Å². The number of benzene rings is 1. The van der Waals surface area contributed by atoms with E-state index in [9.17, 15) is 19.3 Å². The fraction of sp³-hybridized carbons (Fsp3) is 0.462. The van der Waals surface area contributed by atoms with Crippen LogP contribution in [0.5, 0.6) is 0 Å². The Hall–Kier alpha value is -1.98. The van der Waals surface area contributed by atoms with Crippen LogP contribution in [0.2, 0.25) is 0 Å². The Morgan fingerprint density at radius 2 is 1.74 bits per heavy atom. The normalized spacial score (nSPS) is 14.6. The SMILES string of the molecule is COC(=O)C(C)(C)C(C)(c1ccc(F)cc1)[N+](=O)[O-]. The molecule has 1 atom stereocenters.